The summed E-state index contributed by atoms with van der Waals surface area (Å²) < 4.78 is 2.18. The van der Waals surface area contributed by atoms with Crippen molar-refractivity contribution in [1.29, 1.82) is 0 Å². The first-order valence-corrected chi connectivity index (χ1v) is 14.0. The maximum absolute atomic E-state index is 13.4. The summed E-state index contributed by atoms with van der Waals surface area (Å²) in [6.45, 7) is 9.83. The summed E-state index contributed by atoms with van der Waals surface area (Å²) >= 11 is 1.35. The Kier molecular flexibility index (Phi) is 7.29. The Hall–Kier alpha value is -3.59. The van der Waals surface area contributed by atoms with Crippen LogP contribution in [0.2, 0.25) is 0 Å². The van der Waals surface area contributed by atoms with Crippen molar-refractivity contribution < 1.29 is 9.90 Å². The average molecular weight is 532 g/mol. The second-order valence-corrected chi connectivity index (χ2v) is 11.6. The predicted molar refractivity (Wildman–Crippen MR) is 152 cm³/mol. The number of carbonyl (C=O) groups is 1. The van der Waals surface area contributed by atoms with Crippen LogP contribution in [0.5, 0.6) is 0 Å². The van der Waals surface area contributed by atoms with E-state index in [1.54, 1.807) is 17.0 Å². The number of hydrogen-bond acceptors (Lipinski definition) is 7. The van der Waals surface area contributed by atoms with Crippen LogP contribution in [0, 0.1) is 18.8 Å². The molecule has 4 aromatic rings. The van der Waals surface area contributed by atoms with Gasteiger partial charge in [0, 0.05) is 24.4 Å². The smallest absolute Gasteiger partial charge is 0.353 e. The van der Waals surface area contributed by atoms with Crippen LogP contribution < -0.4 is 15.5 Å². The number of aryl methyl sites for hydroxylation is 1. The lowest BCUT2D eigenvalue weighted by Crippen LogP contribution is -2.36. The Morgan fingerprint density at radius 3 is 2.89 bits per heavy atom. The number of amides is 1. The molecule has 4 aromatic heterocycles. The lowest BCUT2D eigenvalue weighted by atomic mass is 9.97. The monoisotopic (exact) mass is 531 g/mol. The quantitative estimate of drug-likeness (QED) is 0.323. The van der Waals surface area contributed by atoms with E-state index in [0.29, 0.717) is 33.6 Å². The van der Waals surface area contributed by atoms with Crippen LogP contribution in [-0.2, 0) is 11.2 Å². The second kappa shape index (κ2) is 10.6. The molecule has 1 saturated carbocycles. The number of pyridine rings is 2. The molecule has 4 heterocycles. The third kappa shape index (κ3) is 4.95. The molecule has 8 nitrogen and oxygen atoms in total. The Labute approximate surface area is 225 Å². The van der Waals surface area contributed by atoms with Crippen LogP contribution in [-0.4, -0.2) is 36.6 Å². The van der Waals surface area contributed by atoms with E-state index in [2.05, 4.69) is 40.7 Å². The molecule has 0 spiro atoms. The molecule has 0 unspecified atom stereocenters. The first kappa shape index (κ1) is 26.0. The van der Waals surface area contributed by atoms with Gasteiger partial charge in [-0.05, 0) is 68.2 Å². The molecular formula is C29H33N5O3S. The molecule has 1 amide bonds. The number of thiophene rings is 1. The molecule has 1 aliphatic rings. The van der Waals surface area contributed by atoms with E-state index in [1.165, 1.54) is 17.4 Å². The number of aliphatic hydroxyl groups is 1. The Morgan fingerprint density at radius 1 is 1.34 bits per heavy atom. The molecule has 0 bridgehead atoms. The van der Waals surface area contributed by atoms with Crippen LogP contribution in [0.25, 0.3) is 32.7 Å². The fraction of sp³-hybridized carbons (Fsp3) is 0.414. The Morgan fingerprint density at radius 2 is 2.16 bits per heavy atom. The minimum Gasteiger partial charge on any atom is -0.511 e. The molecule has 198 valence electrons. The summed E-state index contributed by atoms with van der Waals surface area (Å²) in [6, 6.07) is 3.94. The summed E-state index contributed by atoms with van der Waals surface area (Å²) in [7, 11) is 0. The van der Waals surface area contributed by atoms with Gasteiger partial charge in [-0.25, -0.2) is 9.78 Å². The van der Waals surface area contributed by atoms with Crippen LogP contribution in [0.15, 0.2) is 42.0 Å². The normalized spacial score (nSPS) is 18.4. The number of aromatic nitrogens is 4. The van der Waals surface area contributed by atoms with E-state index in [4.69, 9.17) is 0 Å². The van der Waals surface area contributed by atoms with Gasteiger partial charge in [0.2, 0.25) is 5.91 Å². The van der Waals surface area contributed by atoms with Gasteiger partial charge in [0.25, 0.3) is 0 Å². The summed E-state index contributed by atoms with van der Waals surface area (Å²) in [6.07, 6.45) is 9.74. The van der Waals surface area contributed by atoms with Gasteiger partial charge in [0.05, 0.1) is 27.3 Å². The fourth-order valence-corrected chi connectivity index (χ4v) is 6.66. The molecule has 38 heavy (non-hydrogen) atoms. The summed E-state index contributed by atoms with van der Waals surface area (Å²) in [5.74, 6) is 0.809. The van der Waals surface area contributed by atoms with Gasteiger partial charge in [-0.3, -0.25) is 14.3 Å². The van der Waals surface area contributed by atoms with E-state index < -0.39 is 5.69 Å². The van der Waals surface area contributed by atoms with E-state index in [1.807, 2.05) is 19.1 Å². The molecule has 0 aliphatic heterocycles. The van der Waals surface area contributed by atoms with Crippen LogP contribution in [0.3, 0.4) is 0 Å². The molecule has 9 heteroatoms. The topological polar surface area (TPSA) is 110 Å². The highest BCUT2D eigenvalue weighted by Crippen LogP contribution is 2.32. The van der Waals surface area contributed by atoms with Gasteiger partial charge in [-0.2, -0.15) is 4.98 Å². The van der Waals surface area contributed by atoms with Crippen molar-refractivity contribution >= 4 is 44.3 Å². The number of nitrogens with one attached hydrogen (secondary N) is 1. The molecule has 2 N–H and O–H groups in total. The fourth-order valence-electron chi connectivity index (χ4n) is 5.58. The second-order valence-electron chi connectivity index (χ2n) is 10.6. The van der Waals surface area contributed by atoms with Gasteiger partial charge >= 0.3 is 5.69 Å². The minimum absolute atomic E-state index is 0.0888. The van der Waals surface area contributed by atoms with Crippen molar-refractivity contribution in [2.24, 2.45) is 11.8 Å². The average Bonchev–Trinajstić information content (AvgIpc) is 3.48. The zero-order valence-electron chi connectivity index (χ0n) is 22.0. The SMILES string of the molecule is C=CC(=O)N[C@H]1CCC[C@H]1CC/C(O)=c1/sc2nccc3c2c1nc(=O)n3-c1cnc(CC(C)C)cc1C. The van der Waals surface area contributed by atoms with Gasteiger partial charge < -0.3 is 10.4 Å². The van der Waals surface area contributed by atoms with Crippen molar-refractivity contribution in [2.45, 2.75) is 65.3 Å². The largest absolute Gasteiger partial charge is 0.511 e. The maximum atomic E-state index is 13.4. The highest BCUT2D eigenvalue weighted by atomic mass is 32.1. The van der Waals surface area contributed by atoms with Crippen molar-refractivity contribution in [2.75, 3.05) is 0 Å². The van der Waals surface area contributed by atoms with E-state index in [9.17, 15) is 14.7 Å². The number of nitrogens with zero attached hydrogens (tertiary/aromatic N) is 4. The number of carbonyl (C=O) groups excluding carboxylic acids is 1. The first-order valence-electron chi connectivity index (χ1n) is 13.2. The van der Waals surface area contributed by atoms with Gasteiger partial charge in [-0.15, -0.1) is 11.3 Å². The third-order valence-electron chi connectivity index (χ3n) is 7.37. The maximum Gasteiger partial charge on any atom is 0.353 e. The van der Waals surface area contributed by atoms with E-state index in [0.717, 1.165) is 53.6 Å². The van der Waals surface area contributed by atoms with Crippen molar-refractivity contribution in [3.63, 3.8) is 0 Å². The molecule has 2 atom stereocenters. The molecule has 1 fully saturated rings. The van der Waals surface area contributed by atoms with Crippen molar-refractivity contribution in [3.8, 4) is 5.69 Å². The summed E-state index contributed by atoms with van der Waals surface area (Å²) in [5.41, 5.74) is 3.41. The summed E-state index contributed by atoms with van der Waals surface area (Å²) in [5, 5.41) is 14.9. The van der Waals surface area contributed by atoms with Crippen LogP contribution >= 0.6 is 11.3 Å². The lowest BCUT2D eigenvalue weighted by Gasteiger charge is -2.20. The summed E-state index contributed by atoms with van der Waals surface area (Å²) in [4.78, 5) is 39.5. The third-order valence-corrected chi connectivity index (χ3v) is 8.50. The Bertz CT molecular complexity index is 1640. The van der Waals surface area contributed by atoms with Gasteiger partial charge in [-0.1, -0.05) is 26.8 Å². The highest BCUT2D eigenvalue weighted by Gasteiger charge is 2.28. The molecule has 1 aliphatic carbocycles. The molecule has 0 aromatic carbocycles. The van der Waals surface area contributed by atoms with E-state index >= 15 is 0 Å². The van der Waals surface area contributed by atoms with Gasteiger partial charge in [0.1, 0.15) is 16.1 Å². The molecule has 0 radical (unpaired) electrons. The highest BCUT2D eigenvalue weighted by molar-refractivity contribution is 7.17. The van der Waals surface area contributed by atoms with Crippen LogP contribution in [0.1, 0.15) is 57.2 Å². The van der Waals surface area contributed by atoms with E-state index in [-0.39, 0.29) is 23.6 Å². The predicted octanol–water partition coefficient (Wildman–Crippen LogP) is 4.53. The number of hydrogen-bond donors (Lipinski definition) is 2. The standard InChI is InChI=1S/C29H33N5O3S/c1-5-24(36)32-20-8-6-7-18(20)9-10-23(35)27-26-25-21(11-12-30-28(25)38-27)34(29(37)33-26)22-15-31-19(13-16(2)3)14-17(22)4/h5,11-12,14-16,18,20,35H,1,6-10,13H2,2-4H3,(H,32,36)/b27-23-/t18-,20-/m0/s1. The Balaban J connectivity index is 1.53. The molecule has 5 rings (SSSR count). The van der Waals surface area contributed by atoms with Crippen LogP contribution in [0.4, 0.5) is 0 Å². The minimum atomic E-state index is -0.415. The van der Waals surface area contributed by atoms with Crippen molar-refractivity contribution in [1.82, 2.24) is 24.8 Å². The first-order chi connectivity index (χ1) is 18.3. The lowest BCUT2D eigenvalue weighted by molar-refractivity contribution is -0.117. The zero-order chi connectivity index (χ0) is 27.0. The number of aliphatic hydroxyl groups excluding tert-OH is 1. The molecular weight excluding hydrogens is 498 g/mol. The number of rotatable bonds is 8. The van der Waals surface area contributed by atoms with Crippen molar-refractivity contribution in [3.05, 3.63) is 63.5 Å². The van der Waals surface area contributed by atoms with Gasteiger partial charge in [0.15, 0.2) is 0 Å². The molecule has 0 saturated heterocycles. The zero-order valence-corrected chi connectivity index (χ0v) is 22.8.